The van der Waals surface area contributed by atoms with Gasteiger partial charge in [-0.25, -0.2) is 9.59 Å². The van der Waals surface area contributed by atoms with Crippen LogP contribution in [-0.2, 0) is 41.5 Å². The van der Waals surface area contributed by atoms with Crippen molar-refractivity contribution in [3.8, 4) is 11.8 Å². The molecule has 6 amide bonds. The van der Waals surface area contributed by atoms with E-state index in [2.05, 4.69) is 33.1 Å². The number of alkyl carbamates (subject to hydrolysis) is 2. The van der Waals surface area contributed by atoms with Crippen LogP contribution in [0.2, 0.25) is 0 Å². The fourth-order valence-electron chi connectivity index (χ4n) is 7.88. The smallest absolute Gasteiger partial charge is 0.408 e. The molecule has 14 heteroatoms. The molecule has 346 valence electrons. The largest absolute Gasteiger partial charge is 0.444 e. The Hall–Kier alpha value is -7.14. The van der Waals surface area contributed by atoms with E-state index < -0.39 is 47.6 Å². The molecule has 2 aliphatic heterocycles. The average Bonchev–Trinajstić information content (AvgIpc) is 3.97. The lowest BCUT2D eigenvalue weighted by Gasteiger charge is -2.29. The molecule has 2 fully saturated rings. The summed E-state index contributed by atoms with van der Waals surface area (Å²) in [5, 5.41) is 11.4. The van der Waals surface area contributed by atoms with Gasteiger partial charge in [0.05, 0.1) is 0 Å². The van der Waals surface area contributed by atoms with Crippen molar-refractivity contribution in [2.45, 2.75) is 115 Å². The molecule has 0 aliphatic carbocycles. The van der Waals surface area contributed by atoms with E-state index in [-0.39, 0.29) is 36.5 Å². The van der Waals surface area contributed by atoms with Gasteiger partial charge in [-0.3, -0.25) is 19.2 Å². The highest BCUT2D eigenvalue weighted by atomic mass is 16.6. The first-order valence-corrected chi connectivity index (χ1v) is 22.4. The number of rotatable bonds is 12. The Labute approximate surface area is 387 Å². The van der Waals surface area contributed by atoms with E-state index in [1.165, 1.54) is 0 Å². The molecule has 2 aliphatic rings. The molecule has 66 heavy (non-hydrogen) atoms. The zero-order valence-corrected chi connectivity index (χ0v) is 38.5. The second-order valence-corrected chi connectivity index (χ2v) is 18.5. The molecule has 4 atom stereocenters. The minimum absolute atomic E-state index is 0.241. The lowest BCUT2D eigenvalue weighted by Crippen LogP contribution is -2.54. The number of carbonyl (C=O) groups is 6. The van der Waals surface area contributed by atoms with E-state index in [1.807, 2.05) is 60.7 Å². The first-order valence-electron chi connectivity index (χ1n) is 22.4. The summed E-state index contributed by atoms with van der Waals surface area (Å²) in [5.41, 5.74) is 2.73. The van der Waals surface area contributed by atoms with Crippen molar-refractivity contribution in [3.63, 3.8) is 0 Å². The molecule has 0 unspecified atom stereocenters. The summed E-state index contributed by atoms with van der Waals surface area (Å²) < 4.78 is 10.9. The Balaban J connectivity index is 1.03. The molecule has 0 spiro atoms. The van der Waals surface area contributed by atoms with Gasteiger partial charge in [0, 0.05) is 48.4 Å². The number of nitrogens with one attached hydrogen (secondary N) is 4. The van der Waals surface area contributed by atoms with Crippen molar-refractivity contribution in [2.24, 2.45) is 0 Å². The van der Waals surface area contributed by atoms with Crippen molar-refractivity contribution in [1.29, 1.82) is 0 Å². The molecular weight excluding hydrogens is 837 g/mol. The van der Waals surface area contributed by atoms with E-state index in [4.69, 9.17) is 9.47 Å². The fraction of sp³-hybridized carbons (Fsp3) is 0.385. The van der Waals surface area contributed by atoms with Crippen LogP contribution in [0.3, 0.4) is 0 Å². The molecule has 6 rings (SSSR count). The maximum atomic E-state index is 13.9. The van der Waals surface area contributed by atoms with Gasteiger partial charge >= 0.3 is 12.2 Å². The van der Waals surface area contributed by atoms with Crippen LogP contribution in [0.4, 0.5) is 21.0 Å². The van der Waals surface area contributed by atoms with Gasteiger partial charge in [0.25, 0.3) is 0 Å². The standard InChI is InChI=1S/C52H60N6O8/c1-51(2,3)65-49(63)55-41(33-37-15-9-7-10-16-37)47(61)57-31-13-19-43(57)45(59)53-39-27-23-35(24-28-39)21-22-36-25-29-40(30-26-36)54-46(60)44-20-14-32-58(44)48(62)42(34-38-17-11-8-12-18-38)56-50(64)66-52(4,5)6/h7-12,15-18,23-30,41-44H,13-14,19-20,31-34H2,1-6H3,(H,53,59)(H,54,60)(H,55,63)(H,56,64)/t41-,42-,43-,44-/m0/s1. The number of likely N-dealkylation sites (tertiary alicyclic amines) is 2. The van der Waals surface area contributed by atoms with Crippen molar-refractivity contribution in [1.82, 2.24) is 20.4 Å². The van der Waals surface area contributed by atoms with Crippen LogP contribution in [-0.4, -0.2) is 94.1 Å². The molecule has 0 radical (unpaired) electrons. The molecule has 2 saturated heterocycles. The zero-order chi connectivity index (χ0) is 47.4. The molecule has 0 bridgehead atoms. The van der Waals surface area contributed by atoms with Gasteiger partial charge in [0.15, 0.2) is 0 Å². The van der Waals surface area contributed by atoms with Crippen LogP contribution in [0.1, 0.15) is 89.5 Å². The van der Waals surface area contributed by atoms with Crippen LogP contribution in [0.25, 0.3) is 0 Å². The summed E-state index contributed by atoms with van der Waals surface area (Å²) in [7, 11) is 0. The zero-order valence-electron chi connectivity index (χ0n) is 38.5. The number of hydrogen-bond acceptors (Lipinski definition) is 8. The number of nitrogens with zero attached hydrogens (tertiary/aromatic N) is 2. The van der Waals surface area contributed by atoms with Crippen molar-refractivity contribution < 1.29 is 38.2 Å². The van der Waals surface area contributed by atoms with Crippen LogP contribution in [0.5, 0.6) is 0 Å². The topological polar surface area (TPSA) is 175 Å². The van der Waals surface area contributed by atoms with E-state index in [9.17, 15) is 28.8 Å². The predicted molar refractivity (Wildman–Crippen MR) is 252 cm³/mol. The number of carbonyl (C=O) groups excluding carboxylic acids is 6. The van der Waals surface area contributed by atoms with Gasteiger partial charge in [0.2, 0.25) is 23.6 Å². The highest BCUT2D eigenvalue weighted by molar-refractivity contribution is 6.00. The highest BCUT2D eigenvalue weighted by Gasteiger charge is 2.40. The van der Waals surface area contributed by atoms with Crippen LogP contribution in [0, 0.1) is 11.8 Å². The maximum Gasteiger partial charge on any atom is 0.408 e. The minimum Gasteiger partial charge on any atom is -0.444 e. The van der Waals surface area contributed by atoms with E-state index in [0.717, 1.165) is 11.1 Å². The van der Waals surface area contributed by atoms with E-state index in [1.54, 1.807) is 99.9 Å². The lowest BCUT2D eigenvalue weighted by molar-refractivity contribution is -0.138. The summed E-state index contributed by atoms with van der Waals surface area (Å²) in [6.45, 7) is 11.3. The molecular formula is C52H60N6O8. The second kappa shape index (κ2) is 21.7. The summed E-state index contributed by atoms with van der Waals surface area (Å²) in [6.07, 6.45) is 1.33. The number of ether oxygens (including phenoxy) is 2. The molecule has 0 aromatic heterocycles. The average molecular weight is 897 g/mol. The third-order valence-electron chi connectivity index (χ3n) is 10.9. The molecule has 4 N–H and O–H groups in total. The summed E-state index contributed by atoms with van der Waals surface area (Å²) >= 11 is 0. The number of benzene rings is 4. The maximum absolute atomic E-state index is 13.9. The van der Waals surface area contributed by atoms with Crippen LogP contribution < -0.4 is 21.3 Å². The van der Waals surface area contributed by atoms with Gasteiger partial charge in [-0.05, 0) is 127 Å². The van der Waals surface area contributed by atoms with Gasteiger partial charge in [-0.2, -0.15) is 0 Å². The Morgan fingerprint density at radius 2 is 0.894 bits per heavy atom. The Bertz CT molecular complexity index is 2230. The number of hydrogen-bond donors (Lipinski definition) is 4. The third-order valence-corrected chi connectivity index (χ3v) is 10.9. The van der Waals surface area contributed by atoms with Crippen molar-refractivity contribution >= 4 is 47.2 Å². The van der Waals surface area contributed by atoms with E-state index >= 15 is 0 Å². The highest BCUT2D eigenvalue weighted by Crippen LogP contribution is 2.24. The molecule has 14 nitrogen and oxygen atoms in total. The monoisotopic (exact) mass is 896 g/mol. The van der Waals surface area contributed by atoms with Gasteiger partial charge in [0.1, 0.15) is 35.4 Å². The first kappa shape index (κ1) is 48.3. The first-order chi connectivity index (χ1) is 31.4. The van der Waals surface area contributed by atoms with Crippen LogP contribution >= 0.6 is 0 Å². The Morgan fingerprint density at radius 3 is 1.23 bits per heavy atom. The Kier molecular flexibility index (Phi) is 15.9. The van der Waals surface area contributed by atoms with E-state index in [0.29, 0.717) is 61.3 Å². The summed E-state index contributed by atoms with van der Waals surface area (Å²) in [4.78, 5) is 83.7. The molecule has 2 heterocycles. The minimum atomic E-state index is -0.926. The quantitative estimate of drug-likeness (QED) is 0.108. The molecule has 4 aromatic carbocycles. The second-order valence-electron chi connectivity index (χ2n) is 18.5. The Morgan fingerprint density at radius 1 is 0.545 bits per heavy atom. The number of anilines is 2. The predicted octanol–water partition coefficient (Wildman–Crippen LogP) is 7.22. The van der Waals surface area contributed by atoms with Gasteiger partial charge < -0.3 is 40.5 Å². The van der Waals surface area contributed by atoms with Gasteiger partial charge in [-0.15, -0.1) is 0 Å². The third kappa shape index (κ3) is 14.2. The SMILES string of the molecule is CC(C)(C)OC(=O)N[C@@H](Cc1ccccc1)C(=O)N1CCC[C@H]1C(=O)Nc1ccc(C#Cc2ccc(NC(=O)[C@@H]3CCCN3C(=O)[C@H](Cc3ccccc3)NC(=O)OC(C)(C)C)cc2)cc1. The summed E-state index contributed by atoms with van der Waals surface area (Å²) in [6, 6.07) is 29.6. The summed E-state index contributed by atoms with van der Waals surface area (Å²) in [5.74, 6) is 4.91. The van der Waals surface area contributed by atoms with Crippen molar-refractivity contribution in [2.75, 3.05) is 23.7 Å². The molecule has 4 aromatic rings. The van der Waals surface area contributed by atoms with Crippen molar-refractivity contribution in [3.05, 3.63) is 131 Å². The van der Waals surface area contributed by atoms with Crippen LogP contribution in [0.15, 0.2) is 109 Å². The van der Waals surface area contributed by atoms with Gasteiger partial charge in [-0.1, -0.05) is 72.5 Å². The fourth-order valence-corrected chi connectivity index (χ4v) is 7.88. The molecule has 0 saturated carbocycles. The normalized spacial score (nSPS) is 16.8. The number of amides is 6. The lowest BCUT2D eigenvalue weighted by atomic mass is 10.0.